The molecular weight excluding hydrogens is 323 g/mol. The summed E-state index contributed by atoms with van der Waals surface area (Å²) in [4.78, 5) is 11.2. The number of carboxylic acid groups (broad SMARTS) is 1. The summed E-state index contributed by atoms with van der Waals surface area (Å²) >= 11 is 5.72. The first kappa shape index (κ1) is 16.2. The molecule has 1 aromatic rings. The monoisotopic (exact) mass is 336 g/mol. The molecule has 1 atom stereocenters. The number of rotatable bonds is 7. The van der Waals surface area contributed by atoms with Gasteiger partial charge in [-0.2, -0.15) is 17.9 Å². The number of benzene rings is 1. The van der Waals surface area contributed by atoms with Gasteiger partial charge in [0.2, 0.25) is 0 Å². The first-order valence-electron chi connectivity index (χ1n) is 6.23. The number of carboxylic acids is 1. The van der Waals surface area contributed by atoms with Gasteiger partial charge in [-0.25, -0.2) is 4.39 Å². The van der Waals surface area contributed by atoms with Crippen molar-refractivity contribution in [2.24, 2.45) is 0 Å². The molecule has 0 unspecified atom stereocenters. The van der Waals surface area contributed by atoms with Crippen molar-refractivity contribution in [3.8, 4) is 0 Å². The topological polar surface area (TPSA) is 95.5 Å². The fraction of sp³-hybridized carbons (Fsp3) is 0.417. The van der Waals surface area contributed by atoms with Crippen LogP contribution >= 0.6 is 11.6 Å². The Kier molecular flexibility index (Phi) is 4.82. The zero-order valence-electron chi connectivity index (χ0n) is 10.8. The number of hydrogen-bond donors (Lipinski definition) is 3. The van der Waals surface area contributed by atoms with Crippen LogP contribution in [0.15, 0.2) is 18.2 Å². The standard InChI is InChI=1S/C12H14ClFN2O4S/c13-8-1-4-10(14)7(5-8)6-11(12(17)18)16-21(19,20)15-9-2-3-9/h1,4-5,9,11,15-16H,2-3,6H2,(H,17,18)/t11-/m1/s1. The molecule has 0 aromatic heterocycles. The summed E-state index contributed by atoms with van der Waals surface area (Å²) in [7, 11) is -3.94. The van der Waals surface area contributed by atoms with E-state index in [1.165, 1.54) is 12.1 Å². The van der Waals surface area contributed by atoms with Crippen molar-refractivity contribution in [3.05, 3.63) is 34.6 Å². The molecule has 0 spiro atoms. The van der Waals surface area contributed by atoms with Crippen molar-refractivity contribution < 1.29 is 22.7 Å². The second-order valence-corrected chi connectivity index (χ2v) is 6.76. The van der Waals surface area contributed by atoms with Gasteiger partial charge < -0.3 is 5.11 Å². The summed E-state index contributed by atoms with van der Waals surface area (Å²) < 4.78 is 41.4. The van der Waals surface area contributed by atoms with Crippen LogP contribution < -0.4 is 9.44 Å². The Bertz CT molecular complexity index is 649. The average molecular weight is 337 g/mol. The van der Waals surface area contributed by atoms with Crippen LogP contribution in [0.2, 0.25) is 5.02 Å². The zero-order valence-corrected chi connectivity index (χ0v) is 12.4. The third kappa shape index (κ3) is 4.92. The number of halogens is 2. The van der Waals surface area contributed by atoms with E-state index >= 15 is 0 Å². The molecule has 2 rings (SSSR count). The predicted molar refractivity (Wildman–Crippen MR) is 74.8 cm³/mol. The molecule has 1 aliphatic carbocycles. The maximum absolute atomic E-state index is 13.6. The minimum atomic E-state index is -3.94. The maximum atomic E-state index is 13.6. The van der Waals surface area contributed by atoms with Crippen LogP contribution in [0.4, 0.5) is 4.39 Å². The maximum Gasteiger partial charge on any atom is 0.322 e. The summed E-state index contributed by atoms with van der Waals surface area (Å²) in [6, 6.07) is 2.08. The van der Waals surface area contributed by atoms with Crippen LogP contribution in [0.5, 0.6) is 0 Å². The molecule has 21 heavy (non-hydrogen) atoms. The molecule has 9 heteroatoms. The summed E-state index contributed by atoms with van der Waals surface area (Å²) in [6.07, 6.45) is 1.11. The Balaban J connectivity index is 2.11. The van der Waals surface area contributed by atoms with Gasteiger partial charge in [-0.1, -0.05) is 11.6 Å². The van der Waals surface area contributed by atoms with Gasteiger partial charge in [0, 0.05) is 17.5 Å². The molecule has 0 radical (unpaired) electrons. The molecule has 3 N–H and O–H groups in total. The Morgan fingerprint density at radius 1 is 1.48 bits per heavy atom. The molecule has 6 nitrogen and oxygen atoms in total. The third-order valence-corrected chi connectivity index (χ3v) is 4.40. The Hall–Kier alpha value is -1.22. The highest BCUT2D eigenvalue weighted by Gasteiger charge is 2.30. The van der Waals surface area contributed by atoms with E-state index in [1.807, 2.05) is 4.72 Å². The van der Waals surface area contributed by atoms with Gasteiger partial charge in [-0.05, 0) is 36.6 Å². The quantitative estimate of drug-likeness (QED) is 0.694. The molecule has 116 valence electrons. The fourth-order valence-corrected chi connectivity index (χ4v) is 3.24. The van der Waals surface area contributed by atoms with Crippen molar-refractivity contribution in [3.63, 3.8) is 0 Å². The van der Waals surface area contributed by atoms with E-state index in [0.29, 0.717) is 0 Å². The number of hydrogen-bond acceptors (Lipinski definition) is 3. The summed E-state index contributed by atoms with van der Waals surface area (Å²) in [5.74, 6) is -2.03. The summed E-state index contributed by atoms with van der Waals surface area (Å²) in [6.45, 7) is 0. The number of aliphatic carboxylic acids is 1. The normalized spacial score (nSPS) is 16.7. The highest BCUT2D eigenvalue weighted by molar-refractivity contribution is 7.87. The molecule has 0 aliphatic heterocycles. The number of carbonyl (C=O) groups is 1. The smallest absolute Gasteiger partial charge is 0.322 e. The lowest BCUT2D eigenvalue weighted by Gasteiger charge is -2.15. The lowest BCUT2D eigenvalue weighted by atomic mass is 10.1. The summed E-state index contributed by atoms with van der Waals surface area (Å²) in [5.41, 5.74) is 0.0315. The number of nitrogens with one attached hydrogen (secondary N) is 2. The summed E-state index contributed by atoms with van der Waals surface area (Å²) in [5, 5.41) is 9.34. The lowest BCUT2D eigenvalue weighted by molar-refractivity contribution is -0.138. The van der Waals surface area contributed by atoms with Gasteiger partial charge in [-0.3, -0.25) is 4.79 Å². The highest BCUT2D eigenvalue weighted by Crippen LogP contribution is 2.20. The van der Waals surface area contributed by atoms with Crippen molar-refractivity contribution in [2.75, 3.05) is 0 Å². The Morgan fingerprint density at radius 2 is 2.14 bits per heavy atom. The molecule has 1 aliphatic rings. The van der Waals surface area contributed by atoms with Crippen molar-refractivity contribution in [1.29, 1.82) is 0 Å². The molecule has 0 amide bonds. The van der Waals surface area contributed by atoms with Gasteiger partial charge in [0.05, 0.1) is 0 Å². The van der Waals surface area contributed by atoms with Gasteiger partial charge in [0.1, 0.15) is 11.9 Å². The molecule has 0 heterocycles. The van der Waals surface area contributed by atoms with E-state index in [2.05, 4.69) is 4.72 Å². The van der Waals surface area contributed by atoms with E-state index in [0.717, 1.165) is 18.9 Å². The van der Waals surface area contributed by atoms with Crippen LogP contribution in [-0.4, -0.2) is 31.6 Å². The van der Waals surface area contributed by atoms with Crippen LogP contribution in [0.3, 0.4) is 0 Å². The lowest BCUT2D eigenvalue weighted by Crippen LogP contribution is -2.48. The van der Waals surface area contributed by atoms with Crippen molar-refractivity contribution >= 4 is 27.8 Å². The fourth-order valence-electron chi connectivity index (χ4n) is 1.74. The molecule has 1 aromatic carbocycles. The second kappa shape index (κ2) is 6.27. The van der Waals surface area contributed by atoms with E-state index in [1.54, 1.807) is 0 Å². The largest absolute Gasteiger partial charge is 0.480 e. The molecule has 1 saturated carbocycles. The second-order valence-electron chi connectivity index (χ2n) is 4.84. The molecule has 0 saturated heterocycles. The van der Waals surface area contributed by atoms with E-state index in [4.69, 9.17) is 16.7 Å². The van der Waals surface area contributed by atoms with Crippen LogP contribution in [0.25, 0.3) is 0 Å². The van der Waals surface area contributed by atoms with Gasteiger partial charge >= 0.3 is 5.97 Å². The molecular formula is C12H14ClFN2O4S. The van der Waals surface area contributed by atoms with Crippen LogP contribution in [-0.2, 0) is 21.4 Å². The highest BCUT2D eigenvalue weighted by atomic mass is 35.5. The Morgan fingerprint density at radius 3 is 2.71 bits per heavy atom. The molecule has 1 fully saturated rings. The van der Waals surface area contributed by atoms with Crippen molar-refractivity contribution in [2.45, 2.75) is 31.3 Å². The van der Waals surface area contributed by atoms with E-state index < -0.39 is 28.0 Å². The van der Waals surface area contributed by atoms with Gasteiger partial charge in [0.15, 0.2) is 0 Å². The first-order valence-corrected chi connectivity index (χ1v) is 8.09. The minimum absolute atomic E-state index is 0.0315. The van der Waals surface area contributed by atoms with Crippen molar-refractivity contribution in [1.82, 2.24) is 9.44 Å². The molecule has 0 bridgehead atoms. The SMILES string of the molecule is O=C(O)[C@@H](Cc1cc(Cl)ccc1F)NS(=O)(=O)NC1CC1. The average Bonchev–Trinajstić information content (AvgIpc) is 3.15. The minimum Gasteiger partial charge on any atom is -0.480 e. The third-order valence-electron chi connectivity index (χ3n) is 2.93. The predicted octanol–water partition coefficient (Wildman–Crippen LogP) is 1.06. The van der Waals surface area contributed by atoms with Crippen LogP contribution in [0.1, 0.15) is 18.4 Å². The first-order chi connectivity index (χ1) is 9.77. The van der Waals surface area contributed by atoms with Gasteiger partial charge in [0.25, 0.3) is 10.2 Å². The van der Waals surface area contributed by atoms with E-state index in [-0.39, 0.29) is 23.0 Å². The van der Waals surface area contributed by atoms with Gasteiger partial charge in [-0.15, -0.1) is 0 Å². The van der Waals surface area contributed by atoms with Crippen LogP contribution in [0, 0.1) is 5.82 Å². The Labute approximate surface area is 126 Å². The van der Waals surface area contributed by atoms with E-state index in [9.17, 15) is 17.6 Å². The zero-order chi connectivity index (χ0) is 15.6.